The Morgan fingerprint density at radius 2 is 2.29 bits per heavy atom. The minimum atomic E-state index is -0.404. The van der Waals surface area contributed by atoms with Crippen LogP contribution in [0.3, 0.4) is 0 Å². The maximum atomic E-state index is 13.1. The lowest BCUT2D eigenvalue weighted by Gasteiger charge is -1.99. The van der Waals surface area contributed by atoms with Crippen LogP contribution >= 0.6 is 0 Å². The maximum Gasteiger partial charge on any atom is 0.260 e. The van der Waals surface area contributed by atoms with Gasteiger partial charge in [-0.25, -0.2) is 4.39 Å². The smallest absolute Gasteiger partial charge is 0.260 e. The number of hydrogen-bond donors (Lipinski definition) is 1. The molecule has 0 radical (unpaired) electrons. The number of nitrogen functional groups attached to an aromatic ring is 1. The average Bonchev–Trinajstić information content (AvgIpc) is 2.78. The molecule has 6 heteroatoms. The van der Waals surface area contributed by atoms with Crippen molar-refractivity contribution in [3.63, 3.8) is 0 Å². The van der Waals surface area contributed by atoms with Crippen LogP contribution in [-0.4, -0.2) is 16.7 Å². The Morgan fingerprint density at radius 3 is 3.06 bits per heavy atom. The highest BCUT2D eigenvalue weighted by Crippen LogP contribution is 2.25. The molecule has 0 bridgehead atoms. The van der Waals surface area contributed by atoms with E-state index >= 15 is 0 Å². The Hall–Kier alpha value is -1.95. The summed E-state index contributed by atoms with van der Waals surface area (Å²) in [5, 5.41) is 3.71. The second-order valence-electron chi connectivity index (χ2n) is 3.38. The predicted molar refractivity (Wildman–Crippen MR) is 59.4 cm³/mol. The zero-order chi connectivity index (χ0) is 12.3. The molecular formula is C11H12FN3O2. The van der Waals surface area contributed by atoms with E-state index in [2.05, 4.69) is 10.1 Å². The highest BCUT2D eigenvalue weighted by molar-refractivity contribution is 5.70. The van der Waals surface area contributed by atoms with Crippen LogP contribution in [0.4, 0.5) is 10.1 Å². The molecule has 0 aliphatic heterocycles. The summed E-state index contributed by atoms with van der Waals surface area (Å²) in [5.41, 5.74) is 6.48. The first kappa shape index (κ1) is 11.5. The topological polar surface area (TPSA) is 74.2 Å². The Kier molecular flexibility index (Phi) is 3.34. The molecule has 90 valence electrons. The molecule has 0 saturated heterocycles. The fraction of sp³-hybridized carbons (Fsp3) is 0.273. The minimum Gasteiger partial charge on any atom is -0.398 e. The Morgan fingerprint density at radius 1 is 1.47 bits per heavy atom. The molecule has 0 aliphatic carbocycles. The summed E-state index contributed by atoms with van der Waals surface area (Å²) in [6.45, 7) is 2.69. The van der Waals surface area contributed by atoms with Crippen LogP contribution < -0.4 is 5.73 Å². The minimum absolute atomic E-state index is 0.191. The SMILES string of the molecule is CCOCc1noc(-c2cc(F)ccc2N)n1. The lowest BCUT2D eigenvalue weighted by atomic mass is 10.2. The van der Waals surface area contributed by atoms with Gasteiger partial charge in [0.1, 0.15) is 12.4 Å². The second kappa shape index (κ2) is 4.92. The Balaban J connectivity index is 2.27. The van der Waals surface area contributed by atoms with Crippen molar-refractivity contribution in [3.8, 4) is 11.5 Å². The van der Waals surface area contributed by atoms with E-state index in [9.17, 15) is 4.39 Å². The standard InChI is InChI=1S/C11H12FN3O2/c1-2-16-6-10-14-11(17-15-10)8-5-7(12)3-4-9(8)13/h3-5H,2,6,13H2,1H3. The van der Waals surface area contributed by atoms with Crippen molar-refractivity contribution in [1.29, 1.82) is 0 Å². The number of benzene rings is 1. The van der Waals surface area contributed by atoms with Crippen molar-refractivity contribution in [2.45, 2.75) is 13.5 Å². The van der Waals surface area contributed by atoms with E-state index in [4.69, 9.17) is 15.0 Å². The normalized spacial score (nSPS) is 10.7. The first-order valence-corrected chi connectivity index (χ1v) is 5.16. The van der Waals surface area contributed by atoms with Gasteiger partial charge in [-0.05, 0) is 25.1 Å². The van der Waals surface area contributed by atoms with E-state index in [1.807, 2.05) is 6.92 Å². The molecule has 0 spiro atoms. The van der Waals surface area contributed by atoms with Gasteiger partial charge in [0.25, 0.3) is 5.89 Å². The number of rotatable bonds is 4. The summed E-state index contributed by atoms with van der Waals surface area (Å²) >= 11 is 0. The lowest BCUT2D eigenvalue weighted by molar-refractivity contribution is 0.126. The molecule has 0 amide bonds. The van der Waals surface area contributed by atoms with Gasteiger partial charge < -0.3 is 15.0 Å². The van der Waals surface area contributed by atoms with E-state index in [-0.39, 0.29) is 12.5 Å². The van der Waals surface area contributed by atoms with Crippen molar-refractivity contribution < 1.29 is 13.7 Å². The summed E-state index contributed by atoms with van der Waals surface area (Å²) in [4.78, 5) is 4.07. The summed E-state index contributed by atoms with van der Waals surface area (Å²) in [6, 6.07) is 3.99. The van der Waals surface area contributed by atoms with Crippen molar-refractivity contribution >= 4 is 5.69 Å². The van der Waals surface area contributed by atoms with Gasteiger partial charge in [-0.2, -0.15) is 4.98 Å². The van der Waals surface area contributed by atoms with E-state index in [0.717, 1.165) is 0 Å². The van der Waals surface area contributed by atoms with Crippen molar-refractivity contribution in [1.82, 2.24) is 10.1 Å². The molecule has 1 heterocycles. The fourth-order valence-electron chi connectivity index (χ4n) is 1.33. The van der Waals surface area contributed by atoms with Gasteiger partial charge in [-0.3, -0.25) is 0 Å². The van der Waals surface area contributed by atoms with Gasteiger partial charge in [0.2, 0.25) is 0 Å². The highest BCUT2D eigenvalue weighted by atomic mass is 19.1. The summed E-state index contributed by atoms with van der Waals surface area (Å²) in [7, 11) is 0. The molecule has 0 atom stereocenters. The molecule has 17 heavy (non-hydrogen) atoms. The molecule has 0 fully saturated rings. The van der Waals surface area contributed by atoms with Crippen LogP contribution in [-0.2, 0) is 11.3 Å². The van der Waals surface area contributed by atoms with Gasteiger partial charge in [-0.1, -0.05) is 5.16 Å². The van der Waals surface area contributed by atoms with Crippen molar-refractivity contribution in [2.24, 2.45) is 0 Å². The van der Waals surface area contributed by atoms with Crippen LogP contribution in [0, 0.1) is 5.82 Å². The number of hydrogen-bond acceptors (Lipinski definition) is 5. The van der Waals surface area contributed by atoms with Gasteiger partial charge in [0.05, 0.1) is 5.56 Å². The maximum absolute atomic E-state index is 13.1. The first-order valence-electron chi connectivity index (χ1n) is 5.16. The molecule has 1 aromatic carbocycles. The average molecular weight is 237 g/mol. The van der Waals surface area contributed by atoms with Gasteiger partial charge in [0, 0.05) is 12.3 Å². The number of ether oxygens (including phenoxy) is 1. The van der Waals surface area contributed by atoms with Gasteiger partial charge in [0.15, 0.2) is 5.82 Å². The Bertz CT molecular complexity index is 513. The quantitative estimate of drug-likeness (QED) is 0.823. The fourth-order valence-corrected chi connectivity index (χ4v) is 1.33. The number of nitrogens with zero attached hydrogens (tertiary/aromatic N) is 2. The van der Waals surface area contributed by atoms with E-state index < -0.39 is 5.82 Å². The second-order valence-corrected chi connectivity index (χ2v) is 3.38. The first-order chi connectivity index (χ1) is 8.20. The molecule has 5 nitrogen and oxygen atoms in total. The van der Waals surface area contributed by atoms with Crippen LogP contribution in [0.5, 0.6) is 0 Å². The zero-order valence-corrected chi connectivity index (χ0v) is 9.31. The molecule has 2 rings (SSSR count). The van der Waals surface area contributed by atoms with E-state index in [1.54, 1.807) is 0 Å². The zero-order valence-electron chi connectivity index (χ0n) is 9.31. The largest absolute Gasteiger partial charge is 0.398 e. The van der Waals surface area contributed by atoms with Crippen molar-refractivity contribution in [2.75, 3.05) is 12.3 Å². The third-order valence-electron chi connectivity index (χ3n) is 2.15. The Labute approximate surface area is 97.4 Å². The summed E-state index contributed by atoms with van der Waals surface area (Å²) in [6.07, 6.45) is 0. The van der Waals surface area contributed by atoms with E-state index in [0.29, 0.717) is 23.7 Å². The molecule has 2 aromatic rings. The molecule has 2 N–H and O–H groups in total. The molecule has 0 unspecified atom stereocenters. The van der Waals surface area contributed by atoms with Crippen molar-refractivity contribution in [3.05, 3.63) is 29.8 Å². The third-order valence-corrected chi connectivity index (χ3v) is 2.15. The monoisotopic (exact) mass is 237 g/mol. The molecular weight excluding hydrogens is 225 g/mol. The summed E-state index contributed by atoms with van der Waals surface area (Å²) in [5.74, 6) is 0.195. The van der Waals surface area contributed by atoms with Gasteiger partial charge >= 0.3 is 0 Å². The van der Waals surface area contributed by atoms with Crippen LogP contribution in [0.15, 0.2) is 22.7 Å². The van der Waals surface area contributed by atoms with E-state index in [1.165, 1.54) is 18.2 Å². The van der Waals surface area contributed by atoms with Crippen LogP contribution in [0.25, 0.3) is 11.5 Å². The highest BCUT2D eigenvalue weighted by Gasteiger charge is 2.12. The number of halogens is 1. The number of anilines is 1. The van der Waals surface area contributed by atoms with Gasteiger partial charge in [-0.15, -0.1) is 0 Å². The number of nitrogens with two attached hydrogens (primary N) is 1. The molecule has 1 aromatic heterocycles. The summed E-state index contributed by atoms with van der Waals surface area (Å²) < 4.78 is 23.2. The van der Waals surface area contributed by atoms with Crippen LogP contribution in [0.2, 0.25) is 0 Å². The molecule has 0 aliphatic rings. The number of aromatic nitrogens is 2. The molecule has 0 saturated carbocycles. The predicted octanol–water partition coefficient (Wildman–Crippen LogP) is 1.99. The van der Waals surface area contributed by atoms with Crippen LogP contribution in [0.1, 0.15) is 12.7 Å². The third kappa shape index (κ3) is 2.59. The lowest BCUT2D eigenvalue weighted by Crippen LogP contribution is -1.94.